The molecule has 0 aliphatic heterocycles. The molecule has 0 aliphatic rings. The molecule has 0 unspecified atom stereocenters. The summed E-state index contributed by atoms with van der Waals surface area (Å²) < 4.78 is 12.9. The van der Waals surface area contributed by atoms with E-state index < -0.39 is 11.8 Å². The van der Waals surface area contributed by atoms with Crippen molar-refractivity contribution in [3.63, 3.8) is 0 Å². The zero-order chi connectivity index (χ0) is 18.5. The van der Waals surface area contributed by atoms with Crippen molar-refractivity contribution in [1.82, 2.24) is 15.5 Å². The minimum absolute atomic E-state index is 0.0844. The van der Waals surface area contributed by atoms with E-state index in [1.165, 1.54) is 12.1 Å². The van der Waals surface area contributed by atoms with E-state index in [1.807, 2.05) is 19.1 Å². The van der Waals surface area contributed by atoms with Gasteiger partial charge in [-0.3, -0.25) is 9.59 Å². The van der Waals surface area contributed by atoms with Gasteiger partial charge in [0, 0.05) is 12.2 Å². The average Bonchev–Trinajstić information content (AvgIpc) is 3.13. The molecule has 132 valence electrons. The molecule has 3 rings (SSSR count). The van der Waals surface area contributed by atoms with Gasteiger partial charge in [-0.2, -0.15) is 0 Å². The van der Waals surface area contributed by atoms with Crippen LogP contribution in [0.1, 0.15) is 30.7 Å². The Kier molecular flexibility index (Phi) is 5.33. The highest BCUT2D eigenvalue weighted by Crippen LogP contribution is 2.14. The number of carbonyl (C=O) groups is 2. The summed E-state index contributed by atoms with van der Waals surface area (Å²) in [6.45, 7) is 2.18. The maximum absolute atomic E-state index is 12.9. The van der Waals surface area contributed by atoms with Crippen LogP contribution in [0, 0.1) is 12.7 Å². The first-order chi connectivity index (χ1) is 12.5. The maximum atomic E-state index is 12.9. The number of halogens is 1. The van der Waals surface area contributed by atoms with Gasteiger partial charge in [-0.05, 0) is 36.8 Å². The summed E-state index contributed by atoms with van der Waals surface area (Å²) in [5, 5.41) is 13.1. The van der Waals surface area contributed by atoms with E-state index in [0.717, 1.165) is 22.5 Å². The van der Waals surface area contributed by atoms with E-state index in [9.17, 15) is 14.0 Å². The molecule has 0 atom stereocenters. The average molecular weight is 370 g/mol. The molecule has 0 bridgehead atoms. The molecule has 0 saturated carbocycles. The highest BCUT2D eigenvalue weighted by atomic mass is 32.1. The number of nitrogens with one attached hydrogen (secondary N) is 2. The van der Waals surface area contributed by atoms with E-state index in [-0.39, 0.29) is 22.4 Å². The summed E-state index contributed by atoms with van der Waals surface area (Å²) >= 11 is 0.903. The predicted octanol–water partition coefficient (Wildman–Crippen LogP) is 3.17. The number of anilines is 1. The molecular weight excluding hydrogens is 355 g/mol. The molecule has 1 aromatic heterocycles. The zero-order valence-corrected chi connectivity index (χ0v) is 14.6. The second kappa shape index (κ2) is 7.83. The van der Waals surface area contributed by atoms with Crippen molar-refractivity contribution >= 4 is 28.8 Å². The SMILES string of the molecule is Cc1ccc(NC(=O)c2nnc(C(=O)NCc3ccc(F)cc3)s2)cc1. The van der Waals surface area contributed by atoms with Gasteiger partial charge < -0.3 is 10.6 Å². The molecule has 2 amide bonds. The van der Waals surface area contributed by atoms with Crippen LogP contribution in [0.25, 0.3) is 0 Å². The van der Waals surface area contributed by atoms with Crippen LogP contribution in [0.4, 0.5) is 10.1 Å². The van der Waals surface area contributed by atoms with Gasteiger partial charge in [0.2, 0.25) is 10.0 Å². The van der Waals surface area contributed by atoms with Gasteiger partial charge in [0.25, 0.3) is 11.8 Å². The molecule has 2 aromatic carbocycles. The Morgan fingerprint density at radius 1 is 0.962 bits per heavy atom. The number of aromatic nitrogens is 2. The number of amides is 2. The molecule has 6 nitrogen and oxygen atoms in total. The fraction of sp³-hybridized carbons (Fsp3) is 0.111. The minimum atomic E-state index is -0.443. The molecule has 0 saturated heterocycles. The lowest BCUT2D eigenvalue weighted by Crippen LogP contribution is -2.22. The molecular formula is C18H15FN4O2S. The highest BCUT2D eigenvalue weighted by Gasteiger charge is 2.17. The Morgan fingerprint density at radius 2 is 1.58 bits per heavy atom. The summed E-state index contributed by atoms with van der Waals surface area (Å²) in [5.41, 5.74) is 2.47. The lowest BCUT2D eigenvalue weighted by Gasteiger charge is -2.03. The molecule has 1 heterocycles. The number of nitrogens with zero attached hydrogens (tertiary/aromatic N) is 2. The van der Waals surface area contributed by atoms with Gasteiger partial charge in [-0.25, -0.2) is 4.39 Å². The third kappa shape index (κ3) is 4.48. The normalized spacial score (nSPS) is 10.4. The van der Waals surface area contributed by atoms with Gasteiger partial charge in [0.05, 0.1) is 0 Å². The summed E-state index contributed by atoms with van der Waals surface area (Å²) in [6.07, 6.45) is 0. The second-order valence-electron chi connectivity index (χ2n) is 5.54. The van der Waals surface area contributed by atoms with Crippen molar-refractivity contribution in [1.29, 1.82) is 0 Å². The number of benzene rings is 2. The summed E-state index contributed by atoms with van der Waals surface area (Å²) in [4.78, 5) is 24.3. The third-order valence-electron chi connectivity index (χ3n) is 3.49. The molecule has 8 heteroatoms. The molecule has 0 fully saturated rings. The van der Waals surface area contributed by atoms with Crippen LogP contribution >= 0.6 is 11.3 Å². The Labute approximate surface area is 153 Å². The van der Waals surface area contributed by atoms with E-state index in [2.05, 4.69) is 20.8 Å². The van der Waals surface area contributed by atoms with Gasteiger partial charge >= 0.3 is 0 Å². The number of rotatable bonds is 5. The van der Waals surface area contributed by atoms with Gasteiger partial charge in [-0.1, -0.05) is 41.2 Å². The van der Waals surface area contributed by atoms with Gasteiger partial charge in [0.15, 0.2) is 0 Å². The molecule has 0 spiro atoms. The minimum Gasteiger partial charge on any atom is -0.346 e. The van der Waals surface area contributed by atoms with Crippen LogP contribution in [0.2, 0.25) is 0 Å². The Balaban J connectivity index is 1.59. The summed E-state index contributed by atoms with van der Waals surface area (Å²) in [7, 11) is 0. The fourth-order valence-corrected chi connectivity index (χ4v) is 2.74. The Morgan fingerprint density at radius 3 is 2.23 bits per heavy atom. The summed E-state index contributed by atoms with van der Waals surface area (Å²) in [5.74, 6) is -1.21. The molecule has 0 aliphatic carbocycles. The number of carbonyl (C=O) groups excluding carboxylic acids is 2. The van der Waals surface area contributed by atoms with Crippen molar-refractivity contribution in [2.24, 2.45) is 0 Å². The lowest BCUT2D eigenvalue weighted by atomic mass is 10.2. The van der Waals surface area contributed by atoms with E-state index in [0.29, 0.717) is 5.69 Å². The lowest BCUT2D eigenvalue weighted by molar-refractivity contribution is 0.0948. The zero-order valence-electron chi connectivity index (χ0n) is 13.8. The van der Waals surface area contributed by atoms with E-state index in [4.69, 9.17) is 0 Å². The first kappa shape index (κ1) is 17.7. The monoisotopic (exact) mass is 370 g/mol. The molecule has 0 radical (unpaired) electrons. The molecule has 3 aromatic rings. The highest BCUT2D eigenvalue weighted by molar-refractivity contribution is 7.15. The first-order valence-corrected chi connectivity index (χ1v) is 8.57. The standard InChI is InChI=1S/C18H15FN4O2S/c1-11-2-8-14(9-3-11)21-16(25)18-23-22-17(26-18)15(24)20-10-12-4-6-13(19)7-5-12/h2-9H,10H2,1H3,(H,20,24)(H,21,25). The molecule has 2 N–H and O–H groups in total. The van der Waals surface area contributed by atoms with Crippen LogP contribution in [0.3, 0.4) is 0 Å². The maximum Gasteiger partial charge on any atom is 0.286 e. The third-order valence-corrected chi connectivity index (χ3v) is 4.41. The van der Waals surface area contributed by atoms with Crippen molar-refractivity contribution in [3.8, 4) is 0 Å². The number of hydrogen-bond donors (Lipinski definition) is 2. The van der Waals surface area contributed by atoms with Gasteiger partial charge in [0.1, 0.15) is 5.82 Å². The van der Waals surface area contributed by atoms with Gasteiger partial charge in [-0.15, -0.1) is 10.2 Å². The van der Waals surface area contributed by atoms with Crippen molar-refractivity contribution in [2.75, 3.05) is 5.32 Å². The Hall–Kier alpha value is -3.13. The summed E-state index contributed by atoms with van der Waals surface area (Å²) in [6, 6.07) is 13.1. The fourth-order valence-electron chi connectivity index (χ4n) is 2.09. The van der Waals surface area contributed by atoms with Crippen LogP contribution < -0.4 is 10.6 Å². The second-order valence-corrected chi connectivity index (χ2v) is 6.52. The topological polar surface area (TPSA) is 84.0 Å². The quantitative estimate of drug-likeness (QED) is 0.723. The smallest absolute Gasteiger partial charge is 0.286 e. The Bertz CT molecular complexity index is 923. The van der Waals surface area contributed by atoms with Crippen LogP contribution in [0.15, 0.2) is 48.5 Å². The van der Waals surface area contributed by atoms with Crippen molar-refractivity contribution in [3.05, 3.63) is 75.5 Å². The van der Waals surface area contributed by atoms with Crippen molar-refractivity contribution < 1.29 is 14.0 Å². The largest absolute Gasteiger partial charge is 0.346 e. The number of hydrogen-bond acceptors (Lipinski definition) is 5. The van der Waals surface area contributed by atoms with Crippen LogP contribution in [-0.4, -0.2) is 22.0 Å². The van der Waals surface area contributed by atoms with Crippen LogP contribution in [-0.2, 0) is 6.54 Å². The van der Waals surface area contributed by atoms with E-state index >= 15 is 0 Å². The predicted molar refractivity (Wildman–Crippen MR) is 96.6 cm³/mol. The molecule has 26 heavy (non-hydrogen) atoms. The van der Waals surface area contributed by atoms with Crippen molar-refractivity contribution in [2.45, 2.75) is 13.5 Å². The van der Waals surface area contributed by atoms with Crippen LogP contribution in [0.5, 0.6) is 0 Å². The van der Waals surface area contributed by atoms with E-state index in [1.54, 1.807) is 24.3 Å². The number of aryl methyl sites for hydroxylation is 1. The first-order valence-electron chi connectivity index (χ1n) is 7.75.